The minimum Gasteiger partial charge on any atom is -0.426 e. The molecule has 0 aliphatic rings. The lowest BCUT2D eigenvalue weighted by Crippen LogP contribution is -2.53. The number of amides is 1. The van der Waals surface area contributed by atoms with Crippen LogP contribution in [0.3, 0.4) is 0 Å². The third-order valence-electron chi connectivity index (χ3n) is 2.52. The fraction of sp³-hybridized carbons (Fsp3) is 0.364. The Hall–Kier alpha value is -1.41. The van der Waals surface area contributed by atoms with E-state index in [9.17, 15) is 14.8 Å². The molecule has 0 spiro atoms. The number of rotatable bonds is 6. The van der Waals surface area contributed by atoms with Crippen molar-refractivity contribution >= 4 is 13.0 Å². The van der Waals surface area contributed by atoms with Gasteiger partial charge in [0.1, 0.15) is 6.04 Å². The molecule has 98 valence electrons. The highest BCUT2D eigenvalue weighted by Gasteiger charge is 2.27. The van der Waals surface area contributed by atoms with E-state index >= 15 is 0 Å². The summed E-state index contributed by atoms with van der Waals surface area (Å²) >= 11 is 0. The summed E-state index contributed by atoms with van der Waals surface area (Å²) in [6, 6.07) is 8.03. The SMILES string of the molecule is N[C@@H](CO)C(=O)N[C@@H](Cc1ccccc1)B(O)O. The van der Waals surface area contributed by atoms with Crippen LogP contribution >= 0.6 is 0 Å². The fourth-order valence-corrected chi connectivity index (χ4v) is 1.47. The lowest BCUT2D eigenvalue weighted by molar-refractivity contribution is -0.123. The first-order chi connectivity index (χ1) is 8.54. The summed E-state index contributed by atoms with van der Waals surface area (Å²) in [5, 5.41) is 29.6. The van der Waals surface area contributed by atoms with Crippen molar-refractivity contribution in [3.8, 4) is 0 Å². The van der Waals surface area contributed by atoms with E-state index in [1.807, 2.05) is 30.3 Å². The standard InChI is InChI=1S/C11H17BN2O4/c13-9(7-15)11(16)14-10(12(17)18)6-8-4-2-1-3-5-8/h1-5,9-10,15,17-18H,6-7,13H2,(H,14,16)/t9-,10-/m0/s1. The van der Waals surface area contributed by atoms with Crippen molar-refractivity contribution in [3.05, 3.63) is 35.9 Å². The molecule has 1 amide bonds. The predicted octanol–water partition coefficient (Wildman–Crippen LogP) is -1.95. The Morgan fingerprint density at radius 1 is 1.33 bits per heavy atom. The molecule has 0 saturated carbocycles. The van der Waals surface area contributed by atoms with Gasteiger partial charge in [-0.15, -0.1) is 0 Å². The number of nitrogens with one attached hydrogen (secondary N) is 1. The van der Waals surface area contributed by atoms with Gasteiger partial charge in [0.15, 0.2) is 0 Å². The Labute approximate surface area is 106 Å². The smallest absolute Gasteiger partial charge is 0.426 e. The molecule has 0 aromatic heterocycles. The van der Waals surface area contributed by atoms with Crippen molar-refractivity contribution in [2.75, 3.05) is 6.61 Å². The van der Waals surface area contributed by atoms with Crippen LogP contribution in [-0.2, 0) is 11.2 Å². The lowest BCUT2D eigenvalue weighted by Gasteiger charge is -2.19. The molecular weight excluding hydrogens is 235 g/mol. The number of benzene rings is 1. The van der Waals surface area contributed by atoms with E-state index in [2.05, 4.69) is 5.32 Å². The average Bonchev–Trinajstić information content (AvgIpc) is 2.37. The van der Waals surface area contributed by atoms with Crippen LogP contribution in [-0.4, -0.2) is 46.8 Å². The molecule has 1 aromatic rings. The molecule has 0 unspecified atom stereocenters. The summed E-state index contributed by atoms with van der Waals surface area (Å²) in [5.41, 5.74) is 6.19. The molecule has 0 radical (unpaired) electrons. The summed E-state index contributed by atoms with van der Waals surface area (Å²) in [4.78, 5) is 11.5. The normalized spacial score (nSPS) is 13.8. The first-order valence-corrected chi connectivity index (χ1v) is 5.61. The van der Waals surface area contributed by atoms with Gasteiger partial charge in [0.2, 0.25) is 5.91 Å². The van der Waals surface area contributed by atoms with Crippen LogP contribution < -0.4 is 11.1 Å². The molecule has 1 rings (SSSR count). The van der Waals surface area contributed by atoms with Gasteiger partial charge in [0.05, 0.1) is 12.5 Å². The molecule has 6 nitrogen and oxygen atoms in total. The molecule has 0 aliphatic carbocycles. The maximum absolute atomic E-state index is 11.5. The minimum absolute atomic E-state index is 0.266. The van der Waals surface area contributed by atoms with E-state index in [-0.39, 0.29) is 6.42 Å². The van der Waals surface area contributed by atoms with E-state index in [1.54, 1.807) is 0 Å². The number of hydrogen-bond donors (Lipinski definition) is 5. The maximum Gasteiger partial charge on any atom is 0.475 e. The zero-order valence-corrected chi connectivity index (χ0v) is 9.86. The Kier molecular flexibility index (Phi) is 5.80. The second-order valence-electron chi connectivity index (χ2n) is 4.01. The van der Waals surface area contributed by atoms with Crippen LogP contribution in [0.15, 0.2) is 30.3 Å². The quantitative estimate of drug-likeness (QED) is 0.377. The second-order valence-corrected chi connectivity index (χ2v) is 4.01. The average molecular weight is 252 g/mol. The van der Waals surface area contributed by atoms with Crippen LogP contribution in [0.25, 0.3) is 0 Å². The minimum atomic E-state index is -1.69. The number of aliphatic hydroxyl groups excluding tert-OH is 1. The molecule has 0 fully saturated rings. The van der Waals surface area contributed by atoms with Crippen molar-refractivity contribution in [1.82, 2.24) is 5.32 Å². The monoisotopic (exact) mass is 252 g/mol. The molecule has 0 saturated heterocycles. The number of carbonyl (C=O) groups is 1. The molecule has 0 heterocycles. The Morgan fingerprint density at radius 2 is 1.94 bits per heavy atom. The van der Waals surface area contributed by atoms with Crippen molar-refractivity contribution in [2.45, 2.75) is 18.4 Å². The third kappa shape index (κ3) is 4.46. The summed E-state index contributed by atoms with van der Waals surface area (Å²) in [6.45, 7) is -0.495. The molecule has 18 heavy (non-hydrogen) atoms. The van der Waals surface area contributed by atoms with Crippen molar-refractivity contribution in [1.29, 1.82) is 0 Å². The van der Waals surface area contributed by atoms with E-state index < -0.39 is 31.6 Å². The lowest BCUT2D eigenvalue weighted by atomic mass is 9.76. The highest BCUT2D eigenvalue weighted by atomic mass is 16.4. The van der Waals surface area contributed by atoms with Crippen LogP contribution in [0.1, 0.15) is 5.56 Å². The van der Waals surface area contributed by atoms with Crippen molar-refractivity contribution in [2.24, 2.45) is 5.73 Å². The highest BCUT2D eigenvalue weighted by molar-refractivity contribution is 6.43. The molecule has 7 heteroatoms. The topological polar surface area (TPSA) is 116 Å². The van der Waals surface area contributed by atoms with Gasteiger partial charge >= 0.3 is 7.12 Å². The van der Waals surface area contributed by atoms with E-state index in [4.69, 9.17) is 10.8 Å². The van der Waals surface area contributed by atoms with Crippen LogP contribution in [0.2, 0.25) is 0 Å². The fourth-order valence-electron chi connectivity index (χ4n) is 1.47. The van der Waals surface area contributed by atoms with Crippen molar-refractivity contribution in [3.63, 3.8) is 0 Å². The first-order valence-electron chi connectivity index (χ1n) is 5.61. The molecule has 1 aromatic carbocycles. The van der Waals surface area contributed by atoms with Gasteiger partial charge in [-0.1, -0.05) is 30.3 Å². The Bertz CT molecular complexity index is 375. The zero-order chi connectivity index (χ0) is 13.5. The highest BCUT2D eigenvalue weighted by Crippen LogP contribution is 2.04. The molecule has 0 bridgehead atoms. The maximum atomic E-state index is 11.5. The summed E-state index contributed by atoms with van der Waals surface area (Å²) < 4.78 is 0. The van der Waals surface area contributed by atoms with Gasteiger partial charge < -0.3 is 26.2 Å². The van der Waals surface area contributed by atoms with Gasteiger partial charge in [-0.25, -0.2) is 0 Å². The first kappa shape index (κ1) is 14.7. The van der Waals surface area contributed by atoms with Gasteiger partial charge in [0.25, 0.3) is 0 Å². The summed E-state index contributed by atoms with van der Waals surface area (Å²) in [6.07, 6.45) is 0.266. The van der Waals surface area contributed by atoms with E-state index in [0.29, 0.717) is 0 Å². The Balaban J connectivity index is 2.64. The number of nitrogens with two attached hydrogens (primary N) is 1. The molecular formula is C11H17BN2O4. The van der Waals surface area contributed by atoms with Gasteiger partial charge in [-0.05, 0) is 12.0 Å². The van der Waals surface area contributed by atoms with E-state index in [0.717, 1.165) is 5.56 Å². The number of carbonyl (C=O) groups excluding carboxylic acids is 1. The number of hydrogen-bond acceptors (Lipinski definition) is 5. The largest absolute Gasteiger partial charge is 0.475 e. The number of aliphatic hydroxyl groups is 1. The summed E-state index contributed by atoms with van der Waals surface area (Å²) in [5.74, 6) is -1.48. The molecule has 2 atom stereocenters. The van der Waals surface area contributed by atoms with Gasteiger partial charge in [0, 0.05) is 0 Å². The molecule has 6 N–H and O–H groups in total. The third-order valence-corrected chi connectivity index (χ3v) is 2.52. The zero-order valence-electron chi connectivity index (χ0n) is 9.86. The van der Waals surface area contributed by atoms with Crippen LogP contribution in [0.4, 0.5) is 0 Å². The Morgan fingerprint density at radius 3 is 2.44 bits per heavy atom. The summed E-state index contributed by atoms with van der Waals surface area (Å²) in [7, 11) is -1.69. The van der Waals surface area contributed by atoms with Gasteiger partial charge in [-0.2, -0.15) is 0 Å². The van der Waals surface area contributed by atoms with Crippen LogP contribution in [0.5, 0.6) is 0 Å². The molecule has 0 aliphatic heterocycles. The van der Waals surface area contributed by atoms with Crippen LogP contribution in [0, 0.1) is 0 Å². The predicted molar refractivity (Wildman–Crippen MR) is 67.3 cm³/mol. The van der Waals surface area contributed by atoms with Crippen molar-refractivity contribution < 1.29 is 19.9 Å². The van der Waals surface area contributed by atoms with E-state index in [1.165, 1.54) is 0 Å². The second kappa shape index (κ2) is 7.12. The van der Waals surface area contributed by atoms with Gasteiger partial charge in [-0.3, -0.25) is 4.79 Å².